The molecule has 0 fully saturated rings. The molecule has 0 atom stereocenters. The van der Waals surface area contributed by atoms with Gasteiger partial charge in [0, 0.05) is 17.8 Å². The number of rotatable bonds is 5. The van der Waals surface area contributed by atoms with Gasteiger partial charge in [-0.15, -0.1) is 0 Å². The molecule has 0 radical (unpaired) electrons. The zero-order valence-corrected chi connectivity index (χ0v) is 18.7. The van der Waals surface area contributed by atoms with Gasteiger partial charge in [-0.2, -0.15) is 5.10 Å². The summed E-state index contributed by atoms with van der Waals surface area (Å²) in [5, 5.41) is 7.98. The monoisotopic (exact) mass is 484 g/mol. The number of halogens is 2. The van der Waals surface area contributed by atoms with Crippen LogP contribution < -0.4 is 5.32 Å². The van der Waals surface area contributed by atoms with Gasteiger partial charge >= 0.3 is 0 Å². The van der Waals surface area contributed by atoms with E-state index in [0.717, 1.165) is 21.3 Å². The summed E-state index contributed by atoms with van der Waals surface area (Å²) in [4.78, 5) is 17.4. The third-order valence-corrected chi connectivity index (χ3v) is 5.60. The number of carbonyl (C=O) groups is 1. The van der Waals surface area contributed by atoms with E-state index in [9.17, 15) is 4.79 Å². The van der Waals surface area contributed by atoms with Crippen LogP contribution in [-0.4, -0.2) is 27.6 Å². The second-order valence-corrected chi connectivity index (χ2v) is 8.01. The van der Waals surface area contributed by atoms with Gasteiger partial charge in [-0.1, -0.05) is 51.8 Å². The number of methoxy groups -OCH3 is 1. The number of benzene rings is 2. The van der Waals surface area contributed by atoms with E-state index < -0.39 is 0 Å². The molecule has 0 bridgehead atoms. The van der Waals surface area contributed by atoms with E-state index in [1.807, 2.05) is 43.3 Å². The fourth-order valence-corrected chi connectivity index (χ4v) is 3.71. The molecular formula is C22H18BrClN4O2. The molecule has 2 aromatic carbocycles. The molecule has 6 nitrogen and oxygen atoms in total. The van der Waals surface area contributed by atoms with Crippen LogP contribution in [0.3, 0.4) is 0 Å². The highest BCUT2D eigenvalue weighted by atomic mass is 79.9. The molecular weight excluding hydrogens is 468 g/mol. The van der Waals surface area contributed by atoms with Crippen molar-refractivity contribution in [3.05, 3.63) is 81.2 Å². The highest BCUT2D eigenvalue weighted by Crippen LogP contribution is 2.30. The summed E-state index contributed by atoms with van der Waals surface area (Å²) in [6.07, 6.45) is 1.57. The molecule has 4 rings (SSSR count). The Bertz CT molecular complexity index is 1240. The molecule has 1 N–H and O–H groups in total. The van der Waals surface area contributed by atoms with Crippen molar-refractivity contribution < 1.29 is 9.53 Å². The normalized spacial score (nSPS) is 11.1. The third kappa shape index (κ3) is 3.84. The van der Waals surface area contributed by atoms with E-state index in [1.165, 1.54) is 0 Å². The van der Waals surface area contributed by atoms with Gasteiger partial charge in [0.25, 0.3) is 5.91 Å². The summed E-state index contributed by atoms with van der Waals surface area (Å²) in [5.74, 6) is -0.302. The number of hydrogen-bond acceptors (Lipinski definition) is 4. The Hall–Kier alpha value is -2.74. The lowest BCUT2D eigenvalue weighted by molar-refractivity contribution is 0.102. The van der Waals surface area contributed by atoms with Gasteiger partial charge in [-0.05, 0) is 36.8 Å². The second kappa shape index (κ2) is 8.55. The van der Waals surface area contributed by atoms with Crippen LogP contribution in [0.4, 0.5) is 5.69 Å². The van der Waals surface area contributed by atoms with E-state index in [-0.39, 0.29) is 5.91 Å². The predicted molar refractivity (Wildman–Crippen MR) is 121 cm³/mol. The van der Waals surface area contributed by atoms with Gasteiger partial charge in [0.1, 0.15) is 0 Å². The van der Waals surface area contributed by atoms with Gasteiger partial charge in [0.15, 0.2) is 5.65 Å². The summed E-state index contributed by atoms with van der Waals surface area (Å²) in [5.41, 5.74) is 4.89. The Morgan fingerprint density at radius 3 is 2.63 bits per heavy atom. The molecule has 0 unspecified atom stereocenters. The summed E-state index contributed by atoms with van der Waals surface area (Å²) < 4.78 is 8.02. The molecule has 2 heterocycles. The number of carbonyl (C=O) groups excluding carboxylic acids is 1. The van der Waals surface area contributed by atoms with Crippen LogP contribution in [0.5, 0.6) is 0 Å². The van der Waals surface area contributed by atoms with Gasteiger partial charge in [-0.3, -0.25) is 4.79 Å². The number of amides is 1. The number of para-hydroxylation sites is 1. The van der Waals surface area contributed by atoms with Crippen molar-refractivity contribution >= 4 is 44.8 Å². The first-order valence-corrected chi connectivity index (χ1v) is 10.3. The Labute approximate surface area is 187 Å². The standard InChI is InChI=1S/C22H18BrClN4O2/c1-13-16(22(29)26-18-6-4-3-5-17(18)24)11-25-21-20(14-7-9-15(23)10-8-14)19(12-30-2)27-28(13)21/h3-11H,12H2,1-2H3,(H,26,29). The van der Waals surface area contributed by atoms with Crippen molar-refractivity contribution in [2.75, 3.05) is 12.4 Å². The first-order chi connectivity index (χ1) is 14.5. The molecule has 0 aliphatic heterocycles. The van der Waals surface area contributed by atoms with Crippen molar-refractivity contribution in [3.63, 3.8) is 0 Å². The molecule has 30 heavy (non-hydrogen) atoms. The lowest BCUT2D eigenvalue weighted by Gasteiger charge is -2.10. The molecule has 1 amide bonds. The molecule has 0 spiro atoms. The average Bonchev–Trinajstić information content (AvgIpc) is 3.10. The van der Waals surface area contributed by atoms with Crippen LogP contribution in [0.25, 0.3) is 16.8 Å². The molecule has 2 aromatic heterocycles. The van der Waals surface area contributed by atoms with E-state index in [0.29, 0.717) is 34.2 Å². The van der Waals surface area contributed by atoms with E-state index in [2.05, 4.69) is 31.3 Å². The minimum atomic E-state index is -0.302. The van der Waals surface area contributed by atoms with Crippen LogP contribution in [0.2, 0.25) is 5.02 Å². The number of aromatic nitrogens is 3. The fourth-order valence-electron chi connectivity index (χ4n) is 3.26. The number of anilines is 1. The zero-order chi connectivity index (χ0) is 21.3. The maximum atomic E-state index is 12.9. The quantitative estimate of drug-likeness (QED) is 0.404. The van der Waals surface area contributed by atoms with Crippen molar-refractivity contribution in [2.24, 2.45) is 0 Å². The second-order valence-electron chi connectivity index (χ2n) is 6.69. The van der Waals surface area contributed by atoms with Crippen molar-refractivity contribution in [1.29, 1.82) is 0 Å². The Morgan fingerprint density at radius 2 is 1.93 bits per heavy atom. The van der Waals surface area contributed by atoms with Gasteiger partial charge in [0.05, 0.1) is 39.8 Å². The van der Waals surface area contributed by atoms with Gasteiger partial charge in [-0.25, -0.2) is 9.50 Å². The van der Waals surface area contributed by atoms with Crippen molar-refractivity contribution in [3.8, 4) is 11.1 Å². The van der Waals surface area contributed by atoms with Gasteiger partial charge < -0.3 is 10.1 Å². The van der Waals surface area contributed by atoms with Gasteiger partial charge in [0.2, 0.25) is 0 Å². The lowest BCUT2D eigenvalue weighted by Crippen LogP contribution is -2.16. The predicted octanol–water partition coefficient (Wildman–Crippen LogP) is 5.52. The molecule has 0 aliphatic rings. The molecule has 152 valence electrons. The summed E-state index contributed by atoms with van der Waals surface area (Å²) >= 11 is 9.63. The number of fused-ring (bicyclic) bond motifs is 1. The topological polar surface area (TPSA) is 68.5 Å². The molecule has 0 aliphatic carbocycles. The summed E-state index contributed by atoms with van der Waals surface area (Å²) in [7, 11) is 1.62. The smallest absolute Gasteiger partial charge is 0.259 e. The molecule has 4 aromatic rings. The number of nitrogens with one attached hydrogen (secondary N) is 1. The Balaban J connectivity index is 1.80. The third-order valence-electron chi connectivity index (χ3n) is 4.74. The maximum absolute atomic E-state index is 12.9. The SMILES string of the molecule is COCc1nn2c(C)c(C(=O)Nc3ccccc3Cl)cnc2c1-c1ccc(Br)cc1. The summed E-state index contributed by atoms with van der Waals surface area (Å²) in [6, 6.07) is 15.0. The number of nitrogens with zero attached hydrogens (tertiary/aromatic N) is 3. The largest absolute Gasteiger partial charge is 0.378 e. The van der Waals surface area contributed by atoms with Crippen molar-refractivity contribution in [1.82, 2.24) is 14.6 Å². The fraction of sp³-hybridized carbons (Fsp3) is 0.136. The van der Waals surface area contributed by atoms with E-state index in [4.69, 9.17) is 16.3 Å². The Kier molecular flexibility index (Phi) is 5.85. The first-order valence-electron chi connectivity index (χ1n) is 9.17. The zero-order valence-electron chi connectivity index (χ0n) is 16.3. The number of hydrogen-bond donors (Lipinski definition) is 1. The van der Waals surface area contributed by atoms with Crippen LogP contribution in [0.1, 0.15) is 21.7 Å². The van der Waals surface area contributed by atoms with Crippen LogP contribution in [-0.2, 0) is 11.3 Å². The highest BCUT2D eigenvalue weighted by Gasteiger charge is 2.21. The maximum Gasteiger partial charge on any atom is 0.259 e. The number of ether oxygens (including phenoxy) is 1. The average molecular weight is 486 g/mol. The summed E-state index contributed by atoms with van der Waals surface area (Å²) in [6.45, 7) is 2.17. The minimum absolute atomic E-state index is 0.302. The highest BCUT2D eigenvalue weighted by molar-refractivity contribution is 9.10. The Morgan fingerprint density at radius 1 is 1.20 bits per heavy atom. The minimum Gasteiger partial charge on any atom is -0.378 e. The van der Waals surface area contributed by atoms with Crippen molar-refractivity contribution in [2.45, 2.75) is 13.5 Å². The first kappa shape index (κ1) is 20.5. The molecule has 0 saturated heterocycles. The molecule has 8 heteroatoms. The number of aryl methyl sites for hydroxylation is 1. The molecule has 0 saturated carbocycles. The van der Waals surface area contributed by atoms with Crippen LogP contribution >= 0.6 is 27.5 Å². The van der Waals surface area contributed by atoms with Crippen LogP contribution in [0.15, 0.2) is 59.2 Å². The van der Waals surface area contributed by atoms with E-state index >= 15 is 0 Å². The lowest BCUT2D eigenvalue weighted by atomic mass is 10.1. The van der Waals surface area contributed by atoms with Crippen LogP contribution in [0, 0.1) is 6.92 Å². The van der Waals surface area contributed by atoms with E-state index in [1.54, 1.807) is 30.0 Å².